The average Bonchev–Trinajstić information content (AvgIpc) is 2.07. The average molecular weight is 211 g/mol. The van der Waals surface area contributed by atoms with E-state index >= 15 is 0 Å². The molecule has 0 atom stereocenters. The van der Waals surface area contributed by atoms with E-state index in [4.69, 9.17) is 16.7 Å². The molecule has 0 aliphatic rings. The smallest absolute Gasteiger partial charge is 0.340 e. The molecule has 0 saturated carbocycles. The number of hydrogen-bond acceptors (Lipinski definition) is 2. The summed E-state index contributed by atoms with van der Waals surface area (Å²) in [5.41, 5.74) is 0.513. The van der Waals surface area contributed by atoms with Crippen LogP contribution in [-0.4, -0.2) is 20.9 Å². The van der Waals surface area contributed by atoms with Gasteiger partial charge in [0.2, 0.25) is 0 Å². The molecule has 1 aromatic rings. The number of nitrogens with zero attached hydrogens (tertiary/aromatic N) is 2. The maximum Gasteiger partial charge on any atom is 0.340 e. The predicted molar refractivity (Wildman–Crippen MR) is 47.2 cm³/mol. The van der Waals surface area contributed by atoms with Crippen LogP contribution < -0.4 is 0 Å². The maximum atomic E-state index is 10.5. The van der Waals surface area contributed by atoms with Crippen molar-refractivity contribution in [3.63, 3.8) is 0 Å². The van der Waals surface area contributed by atoms with E-state index in [9.17, 15) is 4.79 Å². The van der Waals surface area contributed by atoms with Crippen LogP contribution in [0.5, 0.6) is 0 Å². The molecular formula is C6H8Cl2N2O2. The Balaban J connectivity index is 0.00000121. The van der Waals surface area contributed by atoms with Gasteiger partial charge in [-0.1, -0.05) is 11.6 Å². The lowest BCUT2D eigenvalue weighted by Gasteiger charge is -1.90. The molecule has 0 unspecified atom stereocenters. The fraction of sp³-hybridized carbons (Fsp3) is 0.333. The van der Waals surface area contributed by atoms with Crippen LogP contribution in [0, 0.1) is 6.92 Å². The SMILES string of the molecule is Cc1nn(C)c(Cl)c1C(=O)O.Cl. The number of aryl methyl sites for hydroxylation is 2. The standard InChI is InChI=1S/C6H7ClN2O2.ClH/c1-3-4(6(10)11)5(7)9(2)8-3;/h1-2H3,(H,10,11);1H. The fourth-order valence-corrected chi connectivity index (χ4v) is 1.13. The molecule has 1 rings (SSSR count). The summed E-state index contributed by atoms with van der Waals surface area (Å²) in [6.45, 7) is 1.61. The maximum absolute atomic E-state index is 10.5. The Bertz CT molecular complexity index is 309. The lowest BCUT2D eigenvalue weighted by molar-refractivity contribution is 0.0696. The molecule has 0 amide bonds. The molecule has 0 aliphatic heterocycles. The Labute approximate surface area is 80.5 Å². The molecule has 1 heterocycles. The van der Waals surface area contributed by atoms with Gasteiger partial charge in [-0.15, -0.1) is 12.4 Å². The van der Waals surface area contributed by atoms with Crippen molar-refractivity contribution >= 4 is 30.0 Å². The van der Waals surface area contributed by atoms with E-state index < -0.39 is 5.97 Å². The Morgan fingerprint density at radius 2 is 2.17 bits per heavy atom. The number of carboxylic acids is 1. The highest BCUT2D eigenvalue weighted by Gasteiger charge is 2.16. The fourth-order valence-electron chi connectivity index (χ4n) is 0.873. The van der Waals surface area contributed by atoms with E-state index in [0.29, 0.717) is 5.69 Å². The van der Waals surface area contributed by atoms with Gasteiger partial charge in [0.15, 0.2) is 0 Å². The van der Waals surface area contributed by atoms with Gasteiger partial charge in [-0.25, -0.2) is 4.79 Å². The molecule has 68 valence electrons. The second kappa shape index (κ2) is 3.78. The monoisotopic (exact) mass is 210 g/mol. The molecule has 0 bridgehead atoms. The molecule has 0 saturated heterocycles. The minimum Gasteiger partial charge on any atom is -0.478 e. The number of rotatable bonds is 1. The van der Waals surface area contributed by atoms with Gasteiger partial charge < -0.3 is 5.11 Å². The van der Waals surface area contributed by atoms with Gasteiger partial charge in [0.1, 0.15) is 10.7 Å². The third-order valence-corrected chi connectivity index (χ3v) is 1.80. The van der Waals surface area contributed by atoms with Crippen molar-refractivity contribution in [2.75, 3.05) is 0 Å². The molecule has 0 fully saturated rings. The summed E-state index contributed by atoms with van der Waals surface area (Å²) in [4.78, 5) is 10.5. The zero-order valence-electron chi connectivity index (χ0n) is 6.54. The van der Waals surface area contributed by atoms with Gasteiger partial charge in [-0.3, -0.25) is 4.68 Å². The van der Waals surface area contributed by atoms with Gasteiger partial charge >= 0.3 is 5.97 Å². The minimum absolute atomic E-state index is 0. The third-order valence-electron chi connectivity index (χ3n) is 1.37. The Hall–Kier alpha value is -0.740. The molecule has 0 aromatic carbocycles. The first-order valence-electron chi connectivity index (χ1n) is 2.96. The minimum atomic E-state index is -1.04. The zero-order chi connectivity index (χ0) is 8.59. The van der Waals surface area contributed by atoms with Crippen LogP contribution in [0.2, 0.25) is 5.15 Å². The van der Waals surface area contributed by atoms with Crippen molar-refractivity contribution in [3.8, 4) is 0 Å². The van der Waals surface area contributed by atoms with Crippen LogP contribution in [-0.2, 0) is 7.05 Å². The first kappa shape index (κ1) is 11.3. The molecule has 1 aromatic heterocycles. The summed E-state index contributed by atoms with van der Waals surface area (Å²) in [6, 6.07) is 0. The summed E-state index contributed by atoms with van der Waals surface area (Å²) in [5.74, 6) is -1.04. The lowest BCUT2D eigenvalue weighted by atomic mass is 10.3. The largest absolute Gasteiger partial charge is 0.478 e. The van der Waals surface area contributed by atoms with E-state index in [0.717, 1.165) is 0 Å². The number of aromatic carboxylic acids is 1. The first-order chi connectivity index (χ1) is 5.04. The van der Waals surface area contributed by atoms with Crippen molar-refractivity contribution in [2.45, 2.75) is 6.92 Å². The Morgan fingerprint density at radius 3 is 2.33 bits per heavy atom. The van der Waals surface area contributed by atoms with E-state index in [2.05, 4.69) is 5.10 Å². The molecule has 4 nitrogen and oxygen atoms in total. The van der Waals surface area contributed by atoms with Crippen molar-refractivity contribution < 1.29 is 9.90 Å². The quantitative estimate of drug-likeness (QED) is 0.765. The van der Waals surface area contributed by atoms with Crippen molar-refractivity contribution in [1.82, 2.24) is 9.78 Å². The molecule has 6 heteroatoms. The van der Waals surface area contributed by atoms with Gasteiger partial charge in [0.25, 0.3) is 0 Å². The normalized spacial score (nSPS) is 9.25. The van der Waals surface area contributed by atoms with Crippen LogP contribution in [0.1, 0.15) is 16.1 Å². The van der Waals surface area contributed by atoms with Crippen LogP contribution in [0.15, 0.2) is 0 Å². The summed E-state index contributed by atoms with van der Waals surface area (Å²) < 4.78 is 1.33. The predicted octanol–water partition coefficient (Wildman–Crippen LogP) is 1.50. The molecule has 0 aliphatic carbocycles. The number of halogens is 2. The van der Waals surface area contributed by atoms with Gasteiger partial charge in [0, 0.05) is 7.05 Å². The number of hydrogen-bond donors (Lipinski definition) is 1. The van der Waals surface area contributed by atoms with Gasteiger partial charge in [0.05, 0.1) is 5.69 Å². The summed E-state index contributed by atoms with van der Waals surface area (Å²) in [5, 5.41) is 12.6. The lowest BCUT2D eigenvalue weighted by Crippen LogP contribution is -1.97. The highest BCUT2D eigenvalue weighted by molar-refractivity contribution is 6.32. The highest BCUT2D eigenvalue weighted by atomic mass is 35.5. The van der Waals surface area contributed by atoms with Crippen molar-refractivity contribution in [2.24, 2.45) is 7.05 Å². The Kier molecular flexibility index (Phi) is 3.55. The number of carboxylic acid groups (broad SMARTS) is 1. The van der Waals surface area contributed by atoms with Gasteiger partial charge in [-0.05, 0) is 6.92 Å². The first-order valence-corrected chi connectivity index (χ1v) is 3.34. The molecular weight excluding hydrogens is 203 g/mol. The second-order valence-electron chi connectivity index (χ2n) is 2.18. The van der Waals surface area contributed by atoms with Gasteiger partial charge in [-0.2, -0.15) is 5.10 Å². The highest BCUT2D eigenvalue weighted by Crippen LogP contribution is 2.17. The van der Waals surface area contributed by atoms with Crippen molar-refractivity contribution in [3.05, 3.63) is 16.4 Å². The number of carbonyl (C=O) groups is 1. The second-order valence-corrected chi connectivity index (χ2v) is 2.54. The number of aromatic nitrogens is 2. The Morgan fingerprint density at radius 1 is 1.67 bits per heavy atom. The molecule has 0 spiro atoms. The van der Waals surface area contributed by atoms with Crippen molar-refractivity contribution in [1.29, 1.82) is 0 Å². The molecule has 1 N–H and O–H groups in total. The van der Waals surface area contributed by atoms with Crippen LogP contribution >= 0.6 is 24.0 Å². The van der Waals surface area contributed by atoms with Crippen LogP contribution in [0.3, 0.4) is 0 Å². The molecule has 0 radical (unpaired) electrons. The topological polar surface area (TPSA) is 55.1 Å². The zero-order valence-corrected chi connectivity index (χ0v) is 8.11. The summed E-state index contributed by atoms with van der Waals surface area (Å²) in [7, 11) is 1.60. The van der Waals surface area contributed by atoms with Crippen LogP contribution in [0.4, 0.5) is 0 Å². The third kappa shape index (κ3) is 1.70. The van der Waals surface area contributed by atoms with E-state index in [1.54, 1.807) is 14.0 Å². The van der Waals surface area contributed by atoms with E-state index in [-0.39, 0.29) is 23.1 Å². The summed E-state index contributed by atoms with van der Waals surface area (Å²) >= 11 is 5.63. The van der Waals surface area contributed by atoms with E-state index in [1.165, 1.54) is 4.68 Å². The van der Waals surface area contributed by atoms with Crippen LogP contribution in [0.25, 0.3) is 0 Å². The molecule has 12 heavy (non-hydrogen) atoms. The van der Waals surface area contributed by atoms with E-state index in [1.807, 2.05) is 0 Å². The summed E-state index contributed by atoms with van der Waals surface area (Å²) in [6.07, 6.45) is 0.